The van der Waals surface area contributed by atoms with Crippen molar-refractivity contribution in [1.82, 2.24) is 14.1 Å². The second kappa shape index (κ2) is 8.92. The lowest BCUT2D eigenvalue weighted by atomic mass is 10.0. The molecule has 0 atom stereocenters. The summed E-state index contributed by atoms with van der Waals surface area (Å²) in [6.07, 6.45) is 4.38. The summed E-state index contributed by atoms with van der Waals surface area (Å²) >= 11 is 0. The van der Waals surface area contributed by atoms with E-state index in [1.807, 2.05) is 0 Å². The summed E-state index contributed by atoms with van der Waals surface area (Å²) in [7, 11) is 0. The fourth-order valence-corrected chi connectivity index (χ4v) is 6.49. The normalized spacial score (nSPS) is 11.8. The largest absolute Gasteiger partial charge is 0.315 e. The zero-order valence-electron chi connectivity index (χ0n) is 22.8. The molecule has 0 bridgehead atoms. The van der Waals surface area contributed by atoms with Gasteiger partial charge in [0.2, 0.25) is 0 Å². The second-order valence-electron chi connectivity index (χ2n) is 10.9. The fourth-order valence-electron chi connectivity index (χ4n) is 6.49. The topological polar surface area (TPSA) is 22.8 Å². The third kappa shape index (κ3) is 3.44. The maximum absolute atomic E-state index is 5.11. The highest BCUT2D eigenvalue weighted by Gasteiger charge is 2.14. The number of pyridine rings is 1. The molecule has 0 spiro atoms. The van der Waals surface area contributed by atoms with Gasteiger partial charge in [-0.3, -0.25) is 0 Å². The van der Waals surface area contributed by atoms with Crippen molar-refractivity contribution in [2.75, 3.05) is 0 Å². The predicted octanol–water partition coefficient (Wildman–Crippen LogP) is 10.1. The van der Waals surface area contributed by atoms with Crippen molar-refractivity contribution in [3.63, 3.8) is 0 Å². The lowest BCUT2D eigenvalue weighted by Crippen LogP contribution is -1.98. The Bertz CT molecular complexity index is 2450. The van der Waals surface area contributed by atoms with Crippen molar-refractivity contribution in [3.8, 4) is 22.6 Å². The van der Waals surface area contributed by atoms with Crippen molar-refractivity contribution >= 4 is 54.3 Å². The predicted molar refractivity (Wildman–Crippen MR) is 176 cm³/mol. The first-order valence-electron chi connectivity index (χ1n) is 14.3. The number of rotatable bonds is 3. The van der Waals surface area contributed by atoms with Gasteiger partial charge < -0.3 is 9.13 Å². The van der Waals surface area contributed by atoms with Crippen molar-refractivity contribution in [2.45, 2.75) is 0 Å². The first-order chi connectivity index (χ1) is 20.8. The van der Waals surface area contributed by atoms with Gasteiger partial charge in [0, 0.05) is 50.6 Å². The Labute approximate surface area is 242 Å². The molecule has 196 valence electrons. The van der Waals surface area contributed by atoms with Gasteiger partial charge in [-0.2, -0.15) is 0 Å². The highest BCUT2D eigenvalue weighted by Crippen LogP contribution is 2.34. The number of nitrogens with zero attached hydrogens (tertiary/aromatic N) is 3. The van der Waals surface area contributed by atoms with Gasteiger partial charge in [0.05, 0.1) is 27.9 Å². The number of hydrogen-bond acceptors (Lipinski definition) is 1. The Morgan fingerprint density at radius 1 is 0.405 bits per heavy atom. The van der Waals surface area contributed by atoms with Gasteiger partial charge in [-0.1, -0.05) is 103 Å². The highest BCUT2D eigenvalue weighted by molar-refractivity contribution is 6.07. The minimum Gasteiger partial charge on any atom is -0.315 e. The summed E-state index contributed by atoms with van der Waals surface area (Å²) < 4.78 is 4.65. The molecule has 0 unspecified atom stereocenters. The van der Waals surface area contributed by atoms with E-state index in [1.165, 1.54) is 49.0 Å². The van der Waals surface area contributed by atoms with E-state index in [9.17, 15) is 0 Å². The Kier molecular flexibility index (Phi) is 4.90. The van der Waals surface area contributed by atoms with Gasteiger partial charge in [0.25, 0.3) is 0 Å². The van der Waals surface area contributed by atoms with Gasteiger partial charge in [0.15, 0.2) is 0 Å². The van der Waals surface area contributed by atoms with Crippen LogP contribution in [0.4, 0.5) is 0 Å². The van der Waals surface area contributed by atoms with Crippen LogP contribution in [0.5, 0.6) is 0 Å². The van der Waals surface area contributed by atoms with Gasteiger partial charge in [0.1, 0.15) is 0 Å². The molecule has 0 aliphatic carbocycles. The molecular formula is C39H25N3. The SMILES string of the molecule is c1ccc2c(-n3ccc4ccc5ccn(-c6ccc(-c7ccc8ccc9ccccc9c8n7)cc6)c5c43)cccc2c1. The molecule has 6 aromatic carbocycles. The summed E-state index contributed by atoms with van der Waals surface area (Å²) in [6.45, 7) is 0. The third-order valence-electron chi connectivity index (χ3n) is 8.55. The highest BCUT2D eigenvalue weighted by atomic mass is 15.0. The van der Waals surface area contributed by atoms with E-state index < -0.39 is 0 Å². The van der Waals surface area contributed by atoms with Gasteiger partial charge in [-0.25, -0.2) is 4.98 Å². The van der Waals surface area contributed by atoms with Crippen LogP contribution in [0, 0.1) is 0 Å². The van der Waals surface area contributed by atoms with Gasteiger partial charge in [-0.05, 0) is 47.2 Å². The lowest BCUT2D eigenvalue weighted by molar-refractivity contribution is 1.10. The minimum absolute atomic E-state index is 0.981. The molecule has 0 N–H and O–H groups in total. The standard InChI is InChI=1S/C39H25N3/c1-3-9-33-26(6-1)8-5-11-36(33)42-25-23-31-15-14-30-22-24-41(38(30)39(31)42)32-19-16-28(17-20-32)35-21-18-29-13-12-27-7-2-4-10-34(27)37(29)40-35/h1-25H. The van der Waals surface area contributed by atoms with Crippen LogP contribution < -0.4 is 0 Å². The van der Waals surface area contributed by atoms with Crippen LogP contribution in [-0.4, -0.2) is 14.1 Å². The Morgan fingerprint density at radius 2 is 1.00 bits per heavy atom. The van der Waals surface area contributed by atoms with E-state index in [2.05, 4.69) is 161 Å². The molecule has 0 aliphatic rings. The quantitative estimate of drug-likeness (QED) is 0.206. The molecule has 3 heteroatoms. The first kappa shape index (κ1) is 23.1. The van der Waals surface area contributed by atoms with Gasteiger partial charge in [-0.15, -0.1) is 0 Å². The Hall–Kier alpha value is -5.67. The maximum atomic E-state index is 5.11. The Balaban J connectivity index is 1.19. The van der Waals surface area contributed by atoms with E-state index in [0.29, 0.717) is 0 Å². The molecule has 0 radical (unpaired) electrons. The summed E-state index contributed by atoms with van der Waals surface area (Å²) in [6, 6.07) is 49.9. The van der Waals surface area contributed by atoms with Crippen molar-refractivity contribution in [2.24, 2.45) is 0 Å². The van der Waals surface area contributed by atoms with Crippen LogP contribution in [0.3, 0.4) is 0 Å². The van der Waals surface area contributed by atoms with E-state index in [4.69, 9.17) is 4.98 Å². The Morgan fingerprint density at radius 3 is 1.81 bits per heavy atom. The number of hydrogen-bond donors (Lipinski definition) is 0. The molecule has 3 aromatic heterocycles. The smallest absolute Gasteiger partial charge is 0.0787 e. The van der Waals surface area contributed by atoms with Crippen LogP contribution in [0.2, 0.25) is 0 Å². The maximum Gasteiger partial charge on any atom is 0.0787 e. The zero-order valence-corrected chi connectivity index (χ0v) is 22.8. The average molecular weight is 536 g/mol. The van der Waals surface area contributed by atoms with Crippen LogP contribution in [-0.2, 0) is 0 Å². The molecule has 3 nitrogen and oxygen atoms in total. The van der Waals surface area contributed by atoms with Crippen LogP contribution in [0.1, 0.15) is 0 Å². The number of aromatic nitrogens is 3. The second-order valence-corrected chi connectivity index (χ2v) is 10.9. The summed E-state index contributed by atoms with van der Waals surface area (Å²) in [5.41, 5.74) is 7.85. The molecule has 0 fully saturated rings. The fraction of sp³-hybridized carbons (Fsp3) is 0. The molecule has 0 saturated carbocycles. The molecule has 0 saturated heterocycles. The molecule has 42 heavy (non-hydrogen) atoms. The monoisotopic (exact) mass is 535 g/mol. The average Bonchev–Trinajstić information content (AvgIpc) is 3.69. The van der Waals surface area contributed by atoms with Crippen LogP contribution in [0.15, 0.2) is 152 Å². The van der Waals surface area contributed by atoms with E-state index in [-0.39, 0.29) is 0 Å². The first-order valence-corrected chi connectivity index (χ1v) is 14.3. The van der Waals surface area contributed by atoms with E-state index in [1.54, 1.807) is 0 Å². The molecular weight excluding hydrogens is 510 g/mol. The van der Waals surface area contributed by atoms with E-state index in [0.717, 1.165) is 27.8 Å². The summed E-state index contributed by atoms with van der Waals surface area (Å²) in [5.74, 6) is 0. The van der Waals surface area contributed by atoms with Crippen molar-refractivity contribution in [3.05, 3.63) is 152 Å². The lowest BCUT2D eigenvalue weighted by Gasteiger charge is -2.13. The molecule has 3 heterocycles. The van der Waals surface area contributed by atoms with Crippen molar-refractivity contribution < 1.29 is 0 Å². The van der Waals surface area contributed by atoms with Crippen LogP contribution >= 0.6 is 0 Å². The van der Waals surface area contributed by atoms with Crippen LogP contribution in [0.25, 0.3) is 76.9 Å². The van der Waals surface area contributed by atoms with Gasteiger partial charge >= 0.3 is 0 Å². The van der Waals surface area contributed by atoms with E-state index >= 15 is 0 Å². The number of benzene rings is 6. The zero-order chi connectivity index (χ0) is 27.6. The molecule has 0 aliphatic heterocycles. The number of fused-ring (bicyclic) bond motifs is 7. The molecule has 9 rings (SSSR count). The molecule has 9 aromatic rings. The van der Waals surface area contributed by atoms with Crippen molar-refractivity contribution in [1.29, 1.82) is 0 Å². The third-order valence-corrected chi connectivity index (χ3v) is 8.55. The minimum atomic E-state index is 0.981. The summed E-state index contributed by atoms with van der Waals surface area (Å²) in [4.78, 5) is 5.11. The summed E-state index contributed by atoms with van der Waals surface area (Å²) in [5, 5.41) is 8.48. The molecule has 0 amide bonds.